The van der Waals surface area contributed by atoms with Crippen molar-refractivity contribution in [3.05, 3.63) is 45.4 Å². The van der Waals surface area contributed by atoms with Gasteiger partial charge in [-0.3, -0.25) is 0 Å². The van der Waals surface area contributed by atoms with E-state index in [4.69, 9.17) is 0 Å². The molecule has 1 N–H and O–H groups in total. The molecule has 0 fully saturated rings. The first kappa shape index (κ1) is 13.1. The molecule has 2 nitrogen and oxygen atoms in total. The van der Waals surface area contributed by atoms with Gasteiger partial charge >= 0.3 is 0 Å². The van der Waals surface area contributed by atoms with Crippen molar-refractivity contribution in [2.24, 2.45) is 0 Å². The number of hydrogen-bond donors (Lipinski definition) is 1. The highest BCUT2D eigenvalue weighted by molar-refractivity contribution is 7.11. The summed E-state index contributed by atoms with van der Waals surface area (Å²) in [5.74, 6) is 0. The number of anilines is 1. The van der Waals surface area contributed by atoms with Crippen LogP contribution in [0.3, 0.4) is 0 Å². The van der Waals surface area contributed by atoms with Crippen LogP contribution in [0.15, 0.2) is 24.3 Å². The lowest BCUT2D eigenvalue weighted by molar-refractivity contribution is 0.922. The first-order valence-corrected chi connectivity index (χ1v) is 7.26. The first-order chi connectivity index (χ1) is 8.69. The highest BCUT2D eigenvalue weighted by Gasteiger charge is 2.03. The van der Waals surface area contributed by atoms with E-state index < -0.39 is 0 Å². The average molecular weight is 260 g/mol. The van der Waals surface area contributed by atoms with Gasteiger partial charge in [0.05, 0.1) is 12.2 Å². The number of aryl methyl sites for hydroxylation is 3. The molecule has 0 atom stereocenters. The Morgan fingerprint density at radius 3 is 2.44 bits per heavy atom. The van der Waals surface area contributed by atoms with Gasteiger partial charge in [-0.05, 0) is 38.0 Å². The fourth-order valence-electron chi connectivity index (χ4n) is 1.87. The van der Waals surface area contributed by atoms with Gasteiger partial charge in [-0.25, -0.2) is 4.98 Å². The Bertz CT molecular complexity index is 480. The highest BCUT2D eigenvalue weighted by Crippen LogP contribution is 2.18. The van der Waals surface area contributed by atoms with Gasteiger partial charge in [0.25, 0.3) is 0 Å². The lowest BCUT2D eigenvalue weighted by atomic mass is 10.1. The van der Waals surface area contributed by atoms with Gasteiger partial charge in [0.15, 0.2) is 0 Å². The van der Waals surface area contributed by atoms with Crippen molar-refractivity contribution in [2.75, 3.05) is 5.32 Å². The van der Waals surface area contributed by atoms with E-state index in [1.165, 1.54) is 22.5 Å². The third-order valence-electron chi connectivity index (χ3n) is 3.01. The molecule has 0 unspecified atom stereocenters. The second kappa shape index (κ2) is 6.01. The minimum atomic E-state index is 0.812. The molecule has 1 aromatic heterocycles. The van der Waals surface area contributed by atoms with Crippen LogP contribution in [0.25, 0.3) is 0 Å². The average Bonchev–Trinajstić information content (AvgIpc) is 2.68. The van der Waals surface area contributed by atoms with E-state index >= 15 is 0 Å². The van der Waals surface area contributed by atoms with Crippen LogP contribution in [0, 0.1) is 13.8 Å². The number of nitrogens with zero attached hydrogens (tertiary/aromatic N) is 1. The van der Waals surface area contributed by atoms with Crippen molar-refractivity contribution in [3.63, 3.8) is 0 Å². The molecule has 0 bridgehead atoms. The lowest BCUT2D eigenvalue weighted by Gasteiger charge is -2.05. The minimum Gasteiger partial charge on any atom is -0.379 e. The fraction of sp³-hybridized carbons (Fsp3) is 0.400. The van der Waals surface area contributed by atoms with Crippen LogP contribution in [0.2, 0.25) is 0 Å². The van der Waals surface area contributed by atoms with Crippen molar-refractivity contribution >= 4 is 17.0 Å². The summed E-state index contributed by atoms with van der Waals surface area (Å²) >= 11 is 1.77. The summed E-state index contributed by atoms with van der Waals surface area (Å²) in [5, 5.41) is 4.57. The number of thiazole rings is 1. The molecular weight excluding hydrogens is 240 g/mol. The first-order valence-electron chi connectivity index (χ1n) is 6.44. The lowest BCUT2D eigenvalue weighted by Crippen LogP contribution is -1.99. The van der Waals surface area contributed by atoms with Crippen molar-refractivity contribution < 1.29 is 0 Å². The van der Waals surface area contributed by atoms with Gasteiger partial charge in [-0.1, -0.05) is 25.5 Å². The van der Waals surface area contributed by atoms with Crippen molar-refractivity contribution in [1.29, 1.82) is 0 Å². The molecule has 0 spiro atoms. The molecular formula is C15H20N2S. The molecule has 2 rings (SSSR count). The zero-order valence-electron chi connectivity index (χ0n) is 11.3. The Morgan fingerprint density at radius 1 is 1.17 bits per heavy atom. The van der Waals surface area contributed by atoms with Gasteiger partial charge in [-0.2, -0.15) is 0 Å². The van der Waals surface area contributed by atoms with Gasteiger partial charge in [0.1, 0.15) is 5.01 Å². The molecule has 0 saturated carbocycles. The Hall–Kier alpha value is -1.35. The number of hydrogen-bond acceptors (Lipinski definition) is 3. The Labute approximate surface area is 113 Å². The van der Waals surface area contributed by atoms with Crippen LogP contribution < -0.4 is 5.32 Å². The SMILES string of the molecule is CCCc1ccc(NCc2nc(C)c(C)s2)cc1. The van der Waals surface area contributed by atoms with Crippen molar-refractivity contribution in [3.8, 4) is 0 Å². The van der Waals surface area contributed by atoms with Crippen molar-refractivity contribution in [1.82, 2.24) is 4.98 Å². The molecule has 0 amide bonds. The van der Waals surface area contributed by atoms with Crippen molar-refractivity contribution in [2.45, 2.75) is 40.2 Å². The predicted molar refractivity (Wildman–Crippen MR) is 79.4 cm³/mol. The van der Waals surface area contributed by atoms with Crippen LogP contribution >= 0.6 is 11.3 Å². The van der Waals surface area contributed by atoms with Gasteiger partial charge < -0.3 is 5.32 Å². The molecule has 0 aliphatic heterocycles. The topological polar surface area (TPSA) is 24.9 Å². The zero-order valence-corrected chi connectivity index (χ0v) is 12.1. The van der Waals surface area contributed by atoms with Gasteiger partial charge in [-0.15, -0.1) is 11.3 Å². The zero-order chi connectivity index (χ0) is 13.0. The Kier molecular flexibility index (Phi) is 4.37. The van der Waals surface area contributed by atoms with Crippen LogP contribution in [0.5, 0.6) is 0 Å². The number of nitrogens with one attached hydrogen (secondary N) is 1. The highest BCUT2D eigenvalue weighted by atomic mass is 32.1. The maximum absolute atomic E-state index is 4.53. The normalized spacial score (nSPS) is 10.6. The number of benzene rings is 1. The maximum Gasteiger partial charge on any atom is 0.112 e. The minimum absolute atomic E-state index is 0.812. The summed E-state index contributed by atoms with van der Waals surface area (Å²) in [7, 11) is 0. The molecule has 1 heterocycles. The van der Waals surface area contributed by atoms with E-state index in [1.807, 2.05) is 0 Å². The van der Waals surface area contributed by atoms with E-state index in [0.717, 1.165) is 23.7 Å². The molecule has 0 aliphatic carbocycles. The summed E-state index contributed by atoms with van der Waals surface area (Å²) in [6.07, 6.45) is 2.36. The summed E-state index contributed by atoms with van der Waals surface area (Å²) in [6, 6.07) is 8.70. The molecule has 1 aromatic carbocycles. The second-order valence-corrected chi connectivity index (χ2v) is 5.84. The van der Waals surface area contributed by atoms with Gasteiger partial charge in [0.2, 0.25) is 0 Å². The van der Waals surface area contributed by atoms with E-state index in [0.29, 0.717) is 0 Å². The van der Waals surface area contributed by atoms with E-state index in [1.54, 1.807) is 11.3 Å². The van der Waals surface area contributed by atoms with Crippen LogP contribution in [-0.2, 0) is 13.0 Å². The molecule has 0 radical (unpaired) electrons. The Balaban J connectivity index is 1.93. The molecule has 96 valence electrons. The van der Waals surface area contributed by atoms with E-state index in [9.17, 15) is 0 Å². The molecule has 18 heavy (non-hydrogen) atoms. The number of aromatic nitrogens is 1. The largest absolute Gasteiger partial charge is 0.379 e. The molecule has 2 aromatic rings. The van der Waals surface area contributed by atoms with E-state index in [2.05, 4.69) is 55.3 Å². The number of rotatable bonds is 5. The maximum atomic E-state index is 4.53. The smallest absolute Gasteiger partial charge is 0.112 e. The predicted octanol–water partition coefficient (Wildman–Crippen LogP) is 4.32. The molecule has 3 heteroatoms. The Morgan fingerprint density at radius 2 is 1.89 bits per heavy atom. The summed E-state index contributed by atoms with van der Waals surface area (Å²) < 4.78 is 0. The summed E-state index contributed by atoms with van der Waals surface area (Å²) in [4.78, 5) is 5.84. The molecule has 0 saturated heterocycles. The summed E-state index contributed by atoms with van der Waals surface area (Å²) in [5.41, 5.74) is 3.72. The summed E-state index contributed by atoms with van der Waals surface area (Å²) in [6.45, 7) is 7.21. The van der Waals surface area contributed by atoms with Crippen LogP contribution in [-0.4, -0.2) is 4.98 Å². The fourth-order valence-corrected chi connectivity index (χ4v) is 2.74. The van der Waals surface area contributed by atoms with E-state index in [-0.39, 0.29) is 0 Å². The van der Waals surface area contributed by atoms with Gasteiger partial charge in [0, 0.05) is 10.6 Å². The van der Waals surface area contributed by atoms with Crippen LogP contribution in [0.4, 0.5) is 5.69 Å². The monoisotopic (exact) mass is 260 g/mol. The third-order valence-corrected chi connectivity index (χ3v) is 4.08. The quantitative estimate of drug-likeness (QED) is 0.865. The molecule has 0 aliphatic rings. The third kappa shape index (κ3) is 3.33. The standard InChI is InChI=1S/C15H20N2S/c1-4-5-13-6-8-14(9-7-13)16-10-15-17-11(2)12(3)18-15/h6-9,16H,4-5,10H2,1-3H3. The van der Waals surface area contributed by atoms with Crippen LogP contribution in [0.1, 0.15) is 34.5 Å². The second-order valence-electron chi connectivity index (χ2n) is 4.55.